The molecule has 2 heteroatoms. The Bertz CT molecular complexity index is 422. The van der Waals surface area contributed by atoms with E-state index in [-0.39, 0.29) is 11.7 Å². The number of rotatable bonds is 2. The van der Waals surface area contributed by atoms with E-state index in [1.54, 1.807) is 6.07 Å². The molecule has 0 saturated heterocycles. The molecule has 0 heterocycles. The number of hydrogen-bond acceptors (Lipinski definition) is 1. The minimum absolute atomic E-state index is 0.182. The Labute approximate surface area is 115 Å². The number of benzene rings is 1. The molecule has 0 aromatic heterocycles. The van der Waals surface area contributed by atoms with Crippen LogP contribution in [0.5, 0.6) is 0 Å². The standard InChI is InChI=1S/C16H21ClO/c1-10-4-11(2)6-13(5-10)16(18)14-7-12(3)8-15(17)9-14/h7-11,13H,4-6H2,1-3H3. The average molecular weight is 265 g/mol. The molecule has 2 atom stereocenters. The summed E-state index contributed by atoms with van der Waals surface area (Å²) in [6, 6.07) is 5.66. The second kappa shape index (κ2) is 5.44. The number of ketones is 1. The number of halogens is 1. The monoisotopic (exact) mass is 264 g/mol. The first-order valence-electron chi connectivity index (χ1n) is 6.77. The zero-order valence-corrected chi connectivity index (χ0v) is 12.1. The second-order valence-electron chi connectivity index (χ2n) is 6.00. The first-order valence-corrected chi connectivity index (χ1v) is 7.15. The fraction of sp³-hybridized carbons (Fsp3) is 0.562. The van der Waals surface area contributed by atoms with E-state index in [0.29, 0.717) is 16.9 Å². The van der Waals surface area contributed by atoms with Crippen LogP contribution in [0.2, 0.25) is 5.02 Å². The molecule has 1 nitrogen and oxygen atoms in total. The van der Waals surface area contributed by atoms with Gasteiger partial charge < -0.3 is 0 Å². The molecule has 1 aromatic rings. The minimum Gasteiger partial charge on any atom is -0.294 e. The molecule has 0 aliphatic heterocycles. The molecule has 0 spiro atoms. The lowest BCUT2D eigenvalue weighted by Gasteiger charge is -2.30. The van der Waals surface area contributed by atoms with Crippen LogP contribution in [0.25, 0.3) is 0 Å². The zero-order valence-electron chi connectivity index (χ0n) is 11.4. The topological polar surface area (TPSA) is 17.1 Å². The number of Topliss-reactive ketones (excluding diaryl/α,β-unsaturated/α-hetero) is 1. The Kier molecular flexibility index (Phi) is 4.11. The number of carbonyl (C=O) groups is 1. The van der Waals surface area contributed by atoms with Gasteiger partial charge in [0.2, 0.25) is 0 Å². The summed E-state index contributed by atoms with van der Waals surface area (Å²) in [5, 5.41) is 0.662. The van der Waals surface area contributed by atoms with Crippen LogP contribution < -0.4 is 0 Å². The number of hydrogen-bond donors (Lipinski definition) is 0. The number of aryl methyl sites for hydroxylation is 1. The summed E-state index contributed by atoms with van der Waals surface area (Å²) in [5.74, 6) is 1.77. The molecule has 1 aromatic carbocycles. The Hall–Kier alpha value is -0.820. The Morgan fingerprint density at radius 1 is 1.11 bits per heavy atom. The van der Waals surface area contributed by atoms with Crippen molar-refractivity contribution in [3.63, 3.8) is 0 Å². The van der Waals surface area contributed by atoms with Gasteiger partial charge in [-0.25, -0.2) is 0 Å². The highest BCUT2D eigenvalue weighted by molar-refractivity contribution is 6.31. The highest BCUT2D eigenvalue weighted by Gasteiger charge is 2.29. The third kappa shape index (κ3) is 3.14. The third-order valence-electron chi connectivity index (χ3n) is 3.88. The fourth-order valence-corrected chi connectivity index (χ4v) is 3.56. The van der Waals surface area contributed by atoms with Crippen molar-refractivity contribution in [1.29, 1.82) is 0 Å². The molecule has 18 heavy (non-hydrogen) atoms. The van der Waals surface area contributed by atoms with Crippen molar-refractivity contribution in [2.75, 3.05) is 0 Å². The minimum atomic E-state index is 0.182. The van der Waals surface area contributed by atoms with E-state index in [9.17, 15) is 4.79 Å². The third-order valence-corrected chi connectivity index (χ3v) is 4.09. The SMILES string of the molecule is Cc1cc(Cl)cc(C(=O)C2CC(C)CC(C)C2)c1. The highest BCUT2D eigenvalue weighted by atomic mass is 35.5. The normalized spacial score (nSPS) is 28.1. The van der Waals surface area contributed by atoms with Crippen molar-refractivity contribution in [2.45, 2.75) is 40.0 Å². The summed E-state index contributed by atoms with van der Waals surface area (Å²) in [4.78, 5) is 12.5. The summed E-state index contributed by atoms with van der Waals surface area (Å²) in [7, 11) is 0. The average Bonchev–Trinajstić information content (AvgIpc) is 2.25. The van der Waals surface area contributed by atoms with E-state index in [4.69, 9.17) is 11.6 Å². The largest absolute Gasteiger partial charge is 0.294 e. The van der Waals surface area contributed by atoms with Crippen LogP contribution in [-0.4, -0.2) is 5.78 Å². The van der Waals surface area contributed by atoms with Gasteiger partial charge in [-0.3, -0.25) is 4.79 Å². The van der Waals surface area contributed by atoms with Crippen LogP contribution in [0.4, 0.5) is 0 Å². The summed E-state index contributed by atoms with van der Waals surface area (Å²) < 4.78 is 0. The van der Waals surface area contributed by atoms with Gasteiger partial charge >= 0.3 is 0 Å². The van der Waals surface area contributed by atoms with Gasteiger partial charge in [-0.15, -0.1) is 0 Å². The van der Waals surface area contributed by atoms with Crippen LogP contribution in [-0.2, 0) is 0 Å². The molecule has 1 aliphatic rings. The zero-order chi connectivity index (χ0) is 13.3. The van der Waals surface area contributed by atoms with Gasteiger partial charge in [0.05, 0.1) is 0 Å². The van der Waals surface area contributed by atoms with Crippen molar-refractivity contribution in [1.82, 2.24) is 0 Å². The molecule has 1 fully saturated rings. The molecule has 0 N–H and O–H groups in total. The Balaban J connectivity index is 2.20. The molecule has 0 radical (unpaired) electrons. The predicted molar refractivity (Wildman–Crippen MR) is 76.2 cm³/mol. The summed E-state index contributed by atoms with van der Waals surface area (Å²) in [6.07, 6.45) is 3.29. The van der Waals surface area contributed by atoms with Gasteiger partial charge in [-0.1, -0.05) is 25.4 Å². The van der Waals surface area contributed by atoms with Crippen LogP contribution >= 0.6 is 11.6 Å². The van der Waals surface area contributed by atoms with Gasteiger partial charge in [0.15, 0.2) is 5.78 Å². The molecule has 0 bridgehead atoms. The second-order valence-corrected chi connectivity index (χ2v) is 6.43. The van der Waals surface area contributed by atoms with Gasteiger partial charge in [0.1, 0.15) is 0 Å². The Morgan fingerprint density at radius 2 is 1.72 bits per heavy atom. The summed E-state index contributed by atoms with van der Waals surface area (Å²) in [5.41, 5.74) is 1.84. The first-order chi connectivity index (χ1) is 8.45. The van der Waals surface area contributed by atoms with Crippen molar-refractivity contribution in [3.8, 4) is 0 Å². The first kappa shape index (κ1) is 13.6. The Morgan fingerprint density at radius 3 is 2.28 bits per heavy atom. The lowest BCUT2D eigenvalue weighted by atomic mass is 9.74. The molecule has 0 amide bonds. The van der Waals surface area contributed by atoms with Crippen molar-refractivity contribution in [2.24, 2.45) is 17.8 Å². The maximum atomic E-state index is 12.5. The molecular formula is C16H21ClO. The van der Waals surface area contributed by atoms with Crippen molar-refractivity contribution < 1.29 is 4.79 Å². The van der Waals surface area contributed by atoms with E-state index < -0.39 is 0 Å². The molecule has 1 aliphatic carbocycles. The lowest BCUT2D eigenvalue weighted by Crippen LogP contribution is -2.26. The molecule has 2 rings (SSSR count). The maximum Gasteiger partial charge on any atom is 0.166 e. The molecule has 1 saturated carbocycles. The van der Waals surface area contributed by atoms with Crippen LogP contribution in [0.1, 0.15) is 49.0 Å². The van der Waals surface area contributed by atoms with Crippen LogP contribution in [0.3, 0.4) is 0 Å². The fourth-order valence-electron chi connectivity index (χ4n) is 3.28. The summed E-state index contributed by atoms with van der Waals surface area (Å²) in [6.45, 7) is 6.48. The van der Waals surface area contributed by atoms with E-state index in [0.717, 1.165) is 24.0 Å². The quantitative estimate of drug-likeness (QED) is 0.694. The molecule has 2 unspecified atom stereocenters. The van der Waals surface area contributed by atoms with E-state index in [2.05, 4.69) is 13.8 Å². The van der Waals surface area contributed by atoms with Crippen molar-refractivity contribution >= 4 is 17.4 Å². The number of carbonyl (C=O) groups excluding carboxylic acids is 1. The van der Waals surface area contributed by atoms with Gasteiger partial charge in [-0.05, 0) is 61.8 Å². The van der Waals surface area contributed by atoms with E-state index >= 15 is 0 Å². The molecular weight excluding hydrogens is 244 g/mol. The van der Waals surface area contributed by atoms with Crippen molar-refractivity contribution in [3.05, 3.63) is 34.3 Å². The van der Waals surface area contributed by atoms with E-state index in [1.807, 2.05) is 19.1 Å². The maximum absolute atomic E-state index is 12.5. The highest BCUT2D eigenvalue weighted by Crippen LogP contribution is 2.35. The molecule has 98 valence electrons. The smallest absolute Gasteiger partial charge is 0.166 e. The van der Waals surface area contributed by atoms with Gasteiger partial charge in [0.25, 0.3) is 0 Å². The summed E-state index contributed by atoms with van der Waals surface area (Å²) >= 11 is 6.04. The van der Waals surface area contributed by atoms with Gasteiger partial charge in [0, 0.05) is 16.5 Å². The predicted octanol–water partition coefficient (Wildman–Crippen LogP) is 4.90. The van der Waals surface area contributed by atoms with Crippen LogP contribution in [0.15, 0.2) is 18.2 Å². The van der Waals surface area contributed by atoms with E-state index in [1.165, 1.54) is 6.42 Å². The lowest BCUT2D eigenvalue weighted by molar-refractivity contribution is 0.0836. The van der Waals surface area contributed by atoms with Crippen LogP contribution in [0, 0.1) is 24.7 Å². The van der Waals surface area contributed by atoms with Gasteiger partial charge in [-0.2, -0.15) is 0 Å².